The van der Waals surface area contributed by atoms with E-state index in [1.807, 2.05) is 38.5 Å². The molecule has 0 radical (unpaired) electrons. The summed E-state index contributed by atoms with van der Waals surface area (Å²) in [5, 5.41) is 37.9. The number of amides is 5. The van der Waals surface area contributed by atoms with E-state index < -0.39 is 23.6 Å². The quantitative estimate of drug-likeness (QED) is 0.00639. The van der Waals surface area contributed by atoms with E-state index >= 15 is 0 Å². The van der Waals surface area contributed by atoms with Crippen LogP contribution in [0.4, 0.5) is 22.7 Å². The largest absolute Gasteiger partial charge is 0.490 e. The number of nitrogens with zero attached hydrogens (tertiary/aromatic N) is 6. The Morgan fingerprint density at radius 3 is 2.40 bits per heavy atom. The summed E-state index contributed by atoms with van der Waals surface area (Å²) in [6.45, 7) is 12.8. The summed E-state index contributed by atoms with van der Waals surface area (Å²) in [5.41, 5.74) is 14.7. The van der Waals surface area contributed by atoms with Crippen molar-refractivity contribution in [2.24, 2.45) is 15.2 Å². The van der Waals surface area contributed by atoms with Crippen molar-refractivity contribution in [3.63, 3.8) is 0 Å². The van der Waals surface area contributed by atoms with Crippen LogP contribution in [-0.2, 0) is 46.8 Å². The van der Waals surface area contributed by atoms with Crippen LogP contribution in [0.15, 0.2) is 94.4 Å². The summed E-state index contributed by atoms with van der Waals surface area (Å²) >= 11 is 1.66. The number of benzene rings is 2. The number of azo groups is 1. The summed E-state index contributed by atoms with van der Waals surface area (Å²) in [6, 6.07) is 14.0. The number of rotatable bonds is 26. The van der Waals surface area contributed by atoms with Gasteiger partial charge < -0.3 is 41.0 Å². The lowest BCUT2D eigenvalue weighted by Crippen LogP contribution is -2.43. The van der Waals surface area contributed by atoms with E-state index in [4.69, 9.17) is 19.4 Å². The van der Waals surface area contributed by atoms with Crippen molar-refractivity contribution in [3.05, 3.63) is 113 Å². The standard InChI is InChI=1S/C49H63N13O10S/c1-34-22-38(28-61(26-34)30-44(64)55-41-7-9-43(37(4)25-41)57-58-48(68)46(66)50-10-5-14-60-15-18-70-19-16-60)31-72-54-13-21-73-20-12-52-45(65)39-23-35(2)27-62(29-39)33-71-32-53-40-6-8-42(36(3)24-40)56-59-49(69)47(67)51-11-17-63/h6-9,22-30,32,54,63H,5,10-21,31,33H2,1-4H3,(H5-2,50,51,52,55,56,57,58,59,64,65,66,67,68,69)/p+2/b44-30+,53-32?. The summed E-state index contributed by atoms with van der Waals surface area (Å²) in [7, 11) is 0. The Morgan fingerprint density at radius 2 is 1.62 bits per heavy atom. The van der Waals surface area contributed by atoms with Crippen molar-refractivity contribution in [1.29, 1.82) is 0 Å². The lowest BCUT2D eigenvalue weighted by atomic mass is 10.2. The molecule has 0 unspecified atom stereocenters. The molecule has 0 spiro atoms. The molecule has 2 aromatic carbocycles. The number of aromatic nitrogens is 2. The Kier molecular flexibility index (Phi) is 23.6. The number of hydrazine groups is 1. The number of hydrogen-bond acceptors (Lipinski definition) is 17. The first-order chi connectivity index (χ1) is 35.3. The molecule has 5 amide bonds. The molecule has 1 aliphatic heterocycles. The molecular formula is C49H65N13O10S+2. The lowest BCUT2D eigenvalue weighted by molar-refractivity contribution is -0.726. The maximum atomic E-state index is 13.0. The van der Waals surface area contributed by atoms with Gasteiger partial charge in [-0.05, 0) is 100 Å². The molecule has 5 rings (SSSR count). The van der Waals surface area contributed by atoms with E-state index in [1.54, 1.807) is 83.4 Å². The monoisotopic (exact) mass is 1030 g/mol. The fourth-order valence-corrected chi connectivity index (χ4v) is 7.65. The fraction of sp³-hybridized carbons (Fsp3) is 0.388. The van der Waals surface area contributed by atoms with Gasteiger partial charge in [0, 0.05) is 73.2 Å². The Labute approximate surface area is 427 Å². The number of nitrogens with one attached hydrogen (secondary N) is 7. The van der Waals surface area contributed by atoms with Gasteiger partial charge in [0.2, 0.25) is 6.20 Å². The van der Waals surface area contributed by atoms with Crippen LogP contribution in [0.1, 0.15) is 44.6 Å². The van der Waals surface area contributed by atoms with Gasteiger partial charge in [-0.25, -0.2) is 10.5 Å². The van der Waals surface area contributed by atoms with E-state index in [9.17, 15) is 29.1 Å². The first kappa shape index (κ1) is 56.6. The lowest BCUT2D eigenvalue weighted by Gasteiger charge is -2.26. The molecule has 3 heterocycles. The van der Waals surface area contributed by atoms with Crippen LogP contribution < -0.4 is 46.7 Å². The topological polar surface area (TPSA) is 286 Å². The number of hydroxylamine groups is 1. The van der Waals surface area contributed by atoms with E-state index in [1.165, 1.54) is 12.6 Å². The maximum Gasteiger partial charge on any atom is 0.353 e. The summed E-state index contributed by atoms with van der Waals surface area (Å²) in [5.74, 6) is -2.44. The molecule has 24 heteroatoms. The Balaban J connectivity index is 0.946. The zero-order valence-corrected chi connectivity index (χ0v) is 42.3. The fourth-order valence-electron chi connectivity index (χ4n) is 6.97. The highest BCUT2D eigenvalue weighted by Gasteiger charge is 2.16. The molecule has 1 aliphatic rings. The second-order valence-electron chi connectivity index (χ2n) is 16.6. The highest BCUT2D eigenvalue weighted by atomic mass is 32.2. The van der Waals surface area contributed by atoms with E-state index in [2.05, 4.69) is 57.7 Å². The Bertz CT molecular complexity index is 2610. The number of anilines is 2. The number of carbonyl (C=O) groups excluding carboxylic acids is 5. The number of thioether (sulfide) groups is 1. The zero-order valence-electron chi connectivity index (χ0n) is 41.4. The third kappa shape index (κ3) is 20.7. The number of morpholine rings is 1. The maximum absolute atomic E-state index is 13.0. The van der Waals surface area contributed by atoms with Crippen molar-refractivity contribution in [2.75, 3.05) is 87.9 Å². The third-order valence-electron chi connectivity index (χ3n) is 10.5. The van der Waals surface area contributed by atoms with Gasteiger partial charge in [0.15, 0.2) is 31.2 Å². The minimum absolute atomic E-state index is 0.0274. The van der Waals surface area contributed by atoms with Gasteiger partial charge in [0.05, 0.1) is 43.5 Å². The molecule has 390 valence electrons. The number of ether oxygens (including phenoxy) is 2. The summed E-state index contributed by atoms with van der Waals surface area (Å²) < 4.78 is 14.4. The number of pyridine rings is 2. The smallest absolute Gasteiger partial charge is 0.353 e. The van der Waals surface area contributed by atoms with Crippen LogP contribution in [0.2, 0.25) is 0 Å². The first-order valence-corrected chi connectivity index (χ1v) is 24.7. The van der Waals surface area contributed by atoms with Gasteiger partial charge in [-0.1, -0.05) is 0 Å². The van der Waals surface area contributed by atoms with E-state index in [0.717, 1.165) is 47.6 Å². The van der Waals surface area contributed by atoms with Gasteiger partial charge >= 0.3 is 23.6 Å². The third-order valence-corrected chi connectivity index (χ3v) is 11.5. The van der Waals surface area contributed by atoms with E-state index in [0.29, 0.717) is 78.9 Å². The molecule has 0 bridgehead atoms. The van der Waals surface area contributed by atoms with Crippen molar-refractivity contribution >= 4 is 76.6 Å². The van der Waals surface area contributed by atoms with Crippen LogP contribution in [0, 0.1) is 27.7 Å². The second kappa shape index (κ2) is 30.5. The van der Waals surface area contributed by atoms with Crippen LogP contribution >= 0.6 is 11.8 Å². The molecule has 23 nitrogen and oxygen atoms in total. The Hall–Kier alpha value is -7.35. The highest BCUT2D eigenvalue weighted by Crippen LogP contribution is 2.24. The van der Waals surface area contributed by atoms with Gasteiger partial charge in [0.25, 0.3) is 18.5 Å². The van der Waals surface area contributed by atoms with Gasteiger partial charge in [-0.2, -0.15) is 20.9 Å². The highest BCUT2D eigenvalue weighted by molar-refractivity contribution is 7.99. The van der Waals surface area contributed by atoms with Gasteiger partial charge in [0.1, 0.15) is 5.56 Å². The SMILES string of the molecule is Cc1cc(CONCCSCCNC(=O)c2cc(C)c[n+](COC=Nc3ccc(NNC(=O)C(=O)NCCO)c(C)c3)c2)c[n+](/C=C(/O)Nc2ccc(N=NC(=O)C(=O)NCCCN3CCOCC3)c(C)c2)c1. The van der Waals surface area contributed by atoms with Crippen molar-refractivity contribution in [1.82, 2.24) is 31.8 Å². The van der Waals surface area contributed by atoms with Gasteiger partial charge in [-0.3, -0.25) is 44.6 Å². The zero-order chi connectivity index (χ0) is 52.4. The summed E-state index contributed by atoms with van der Waals surface area (Å²) in [6.07, 6.45) is 10.8. The predicted octanol–water partition coefficient (Wildman–Crippen LogP) is 2.44. The van der Waals surface area contributed by atoms with Crippen LogP contribution in [0.3, 0.4) is 0 Å². The number of carbonyl (C=O) groups is 5. The number of aryl methyl sites for hydroxylation is 4. The molecule has 0 saturated carbocycles. The molecule has 2 aromatic heterocycles. The van der Waals surface area contributed by atoms with Crippen molar-refractivity contribution < 1.29 is 57.6 Å². The predicted molar refractivity (Wildman–Crippen MR) is 274 cm³/mol. The Morgan fingerprint density at radius 1 is 0.836 bits per heavy atom. The minimum Gasteiger partial charge on any atom is -0.490 e. The number of hydrogen-bond donors (Lipinski definition) is 9. The molecule has 0 aliphatic carbocycles. The number of aliphatic imine (C=N–C) groups is 1. The average Bonchev–Trinajstić information content (AvgIpc) is 3.36. The van der Waals surface area contributed by atoms with Crippen LogP contribution in [0.25, 0.3) is 6.20 Å². The van der Waals surface area contributed by atoms with Crippen LogP contribution in [-0.4, -0.2) is 128 Å². The normalized spacial score (nSPS) is 12.9. The molecular weight excluding hydrogens is 963 g/mol. The summed E-state index contributed by atoms with van der Waals surface area (Å²) in [4.78, 5) is 73.2. The minimum atomic E-state index is -0.978. The average molecular weight is 1030 g/mol. The molecule has 0 atom stereocenters. The molecule has 73 heavy (non-hydrogen) atoms. The molecule has 1 fully saturated rings. The molecule has 1 saturated heterocycles. The van der Waals surface area contributed by atoms with Crippen molar-refractivity contribution in [3.8, 4) is 0 Å². The molecule has 9 N–H and O–H groups in total. The van der Waals surface area contributed by atoms with E-state index in [-0.39, 0.29) is 38.3 Å². The number of aliphatic hydroxyl groups excluding tert-OH is 2. The number of aliphatic hydroxyl groups is 2. The van der Waals surface area contributed by atoms with Gasteiger partial charge in [-0.15, -0.1) is 10.2 Å². The van der Waals surface area contributed by atoms with Crippen molar-refractivity contribution in [2.45, 2.75) is 47.5 Å². The first-order valence-electron chi connectivity index (χ1n) is 23.5. The second-order valence-corrected chi connectivity index (χ2v) is 17.9. The van der Waals surface area contributed by atoms with Crippen LogP contribution in [0.5, 0.6) is 0 Å². The molecule has 4 aromatic rings.